The molecule has 2 amide bonds. The number of piperazine rings is 1. The Bertz CT molecular complexity index is 382. The third-order valence-electron chi connectivity index (χ3n) is 4.19. The second kappa shape index (κ2) is 5.97. The highest BCUT2D eigenvalue weighted by atomic mass is 16.5. The maximum Gasteiger partial charge on any atom is 0.329 e. The Morgan fingerprint density at radius 2 is 1.95 bits per heavy atom. The van der Waals surface area contributed by atoms with E-state index < -0.39 is 11.5 Å². The van der Waals surface area contributed by atoms with Crippen molar-refractivity contribution in [1.29, 1.82) is 0 Å². The molecule has 0 aromatic rings. The van der Waals surface area contributed by atoms with Gasteiger partial charge >= 0.3 is 12.0 Å². The van der Waals surface area contributed by atoms with E-state index in [0.29, 0.717) is 32.6 Å². The Labute approximate surface area is 118 Å². The number of carboxylic acids is 1. The minimum absolute atomic E-state index is 0.0828. The molecule has 1 unspecified atom stereocenters. The van der Waals surface area contributed by atoms with E-state index in [2.05, 4.69) is 10.2 Å². The van der Waals surface area contributed by atoms with Crippen LogP contribution in [0.5, 0.6) is 0 Å². The molecule has 0 aliphatic carbocycles. The first-order chi connectivity index (χ1) is 9.44. The highest BCUT2D eigenvalue weighted by molar-refractivity contribution is 5.86. The van der Waals surface area contributed by atoms with Crippen LogP contribution < -0.4 is 5.32 Å². The zero-order chi connectivity index (χ0) is 14.8. The van der Waals surface area contributed by atoms with Crippen molar-refractivity contribution < 1.29 is 19.4 Å². The lowest BCUT2D eigenvalue weighted by atomic mass is 9.90. The molecule has 114 valence electrons. The van der Waals surface area contributed by atoms with E-state index in [4.69, 9.17) is 4.74 Å². The first kappa shape index (κ1) is 15.1. The van der Waals surface area contributed by atoms with Gasteiger partial charge in [-0.25, -0.2) is 9.59 Å². The third kappa shape index (κ3) is 3.04. The first-order valence-electron chi connectivity index (χ1n) is 7.03. The number of ether oxygens (including phenoxy) is 1. The highest BCUT2D eigenvalue weighted by Gasteiger charge is 2.43. The van der Waals surface area contributed by atoms with Crippen LogP contribution in [0.25, 0.3) is 0 Å². The molecule has 7 nitrogen and oxygen atoms in total. The summed E-state index contributed by atoms with van der Waals surface area (Å²) in [4.78, 5) is 27.8. The van der Waals surface area contributed by atoms with E-state index >= 15 is 0 Å². The minimum atomic E-state index is -1.18. The number of nitrogens with zero attached hydrogens (tertiary/aromatic N) is 2. The second-order valence-corrected chi connectivity index (χ2v) is 5.73. The first-order valence-corrected chi connectivity index (χ1v) is 7.03. The van der Waals surface area contributed by atoms with E-state index in [-0.39, 0.29) is 12.1 Å². The van der Waals surface area contributed by atoms with Gasteiger partial charge in [0.25, 0.3) is 0 Å². The molecule has 7 heteroatoms. The Hall–Kier alpha value is -1.34. The van der Waals surface area contributed by atoms with Crippen molar-refractivity contribution in [3.05, 3.63) is 0 Å². The quantitative estimate of drug-likeness (QED) is 0.744. The molecule has 2 saturated heterocycles. The van der Waals surface area contributed by atoms with Gasteiger partial charge in [0.2, 0.25) is 0 Å². The number of amides is 2. The van der Waals surface area contributed by atoms with Crippen LogP contribution in [0.3, 0.4) is 0 Å². The van der Waals surface area contributed by atoms with E-state index in [9.17, 15) is 14.7 Å². The molecule has 2 heterocycles. The summed E-state index contributed by atoms with van der Waals surface area (Å²) in [6.07, 6.45) is 0.631. The lowest BCUT2D eigenvalue weighted by molar-refractivity contribution is -0.148. The molecule has 1 atom stereocenters. The highest BCUT2D eigenvalue weighted by Crippen LogP contribution is 2.22. The smallest absolute Gasteiger partial charge is 0.329 e. The van der Waals surface area contributed by atoms with Crippen LogP contribution in [0.4, 0.5) is 4.79 Å². The number of hydrogen-bond donors (Lipinski definition) is 2. The van der Waals surface area contributed by atoms with Gasteiger partial charge in [0, 0.05) is 51.7 Å². The Balaban J connectivity index is 2.03. The molecule has 2 N–H and O–H groups in total. The summed E-state index contributed by atoms with van der Waals surface area (Å²) in [6.45, 7) is 4.94. The summed E-state index contributed by atoms with van der Waals surface area (Å²) in [5.41, 5.74) is -1.18. The summed E-state index contributed by atoms with van der Waals surface area (Å²) in [7, 11) is 2.02. The largest absolute Gasteiger partial charge is 0.480 e. The van der Waals surface area contributed by atoms with Gasteiger partial charge in [-0.2, -0.15) is 0 Å². The van der Waals surface area contributed by atoms with E-state index in [0.717, 1.165) is 13.1 Å². The van der Waals surface area contributed by atoms with E-state index in [1.54, 1.807) is 4.90 Å². The Morgan fingerprint density at radius 3 is 2.50 bits per heavy atom. The summed E-state index contributed by atoms with van der Waals surface area (Å²) >= 11 is 0. The van der Waals surface area contributed by atoms with Crippen molar-refractivity contribution in [2.75, 3.05) is 39.9 Å². The van der Waals surface area contributed by atoms with Gasteiger partial charge in [-0.05, 0) is 14.0 Å². The van der Waals surface area contributed by atoms with Crippen molar-refractivity contribution in [2.24, 2.45) is 0 Å². The Morgan fingerprint density at radius 1 is 1.30 bits per heavy atom. The van der Waals surface area contributed by atoms with Gasteiger partial charge in [0.1, 0.15) is 5.54 Å². The van der Waals surface area contributed by atoms with Gasteiger partial charge in [-0.3, -0.25) is 0 Å². The van der Waals surface area contributed by atoms with Crippen molar-refractivity contribution in [3.8, 4) is 0 Å². The van der Waals surface area contributed by atoms with Crippen molar-refractivity contribution in [1.82, 2.24) is 15.1 Å². The predicted octanol–water partition coefficient (Wildman–Crippen LogP) is -0.0343. The van der Waals surface area contributed by atoms with Crippen LogP contribution in [0.1, 0.15) is 19.8 Å². The summed E-state index contributed by atoms with van der Waals surface area (Å²) in [6, 6.07) is -0.200. The van der Waals surface area contributed by atoms with Crippen molar-refractivity contribution in [3.63, 3.8) is 0 Å². The minimum Gasteiger partial charge on any atom is -0.480 e. The summed E-state index contributed by atoms with van der Waals surface area (Å²) in [5.74, 6) is -0.976. The molecule has 0 radical (unpaired) electrons. The fraction of sp³-hybridized carbons (Fsp3) is 0.846. The third-order valence-corrected chi connectivity index (χ3v) is 4.19. The van der Waals surface area contributed by atoms with Gasteiger partial charge in [0.05, 0.1) is 0 Å². The van der Waals surface area contributed by atoms with Gasteiger partial charge in [0.15, 0.2) is 0 Å². The molecule has 0 bridgehead atoms. The molecule has 0 saturated carbocycles. The lowest BCUT2D eigenvalue weighted by Gasteiger charge is -2.41. The maximum atomic E-state index is 12.4. The number of urea groups is 1. The molecule has 2 rings (SSSR count). The second-order valence-electron chi connectivity index (χ2n) is 5.73. The van der Waals surface area contributed by atoms with Gasteiger partial charge < -0.3 is 25.0 Å². The molecule has 2 aliphatic heterocycles. The molecule has 2 aliphatic rings. The molecule has 20 heavy (non-hydrogen) atoms. The van der Waals surface area contributed by atoms with Crippen LogP contribution >= 0.6 is 0 Å². The van der Waals surface area contributed by atoms with Crippen molar-refractivity contribution in [2.45, 2.75) is 31.3 Å². The number of carbonyl (C=O) groups is 2. The molecular formula is C13H23N3O4. The fourth-order valence-electron chi connectivity index (χ4n) is 2.83. The average molecular weight is 285 g/mol. The SMILES string of the molecule is CC1CN(C)CCN1C(=O)NC1(C(=O)O)CCOCC1. The van der Waals surface area contributed by atoms with Crippen LogP contribution in [0.15, 0.2) is 0 Å². The molecule has 2 fully saturated rings. The monoisotopic (exact) mass is 285 g/mol. The van der Waals surface area contributed by atoms with Crippen LogP contribution in [-0.2, 0) is 9.53 Å². The normalized spacial score (nSPS) is 27.1. The fourth-order valence-corrected chi connectivity index (χ4v) is 2.83. The van der Waals surface area contributed by atoms with Crippen LogP contribution in [-0.4, -0.2) is 78.4 Å². The lowest BCUT2D eigenvalue weighted by Crippen LogP contribution is -2.63. The van der Waals surface area contributed by atoms with Crippen LogP contribution in [0, 0.1) is 0 Å². The van der Waals surface area contributed by atoms with E-state index in [1.165, 1.54) is 0 Å². The molecular weight excluding hydrogens is 262 g/mol. The van der Waals surface area contributed by atoms with Gasteiger partial charge in [-0.15, -0.1) is 0 Å². The van der Waals surface area contributed by atoms with Crippen LogP contribution in [0.2, 0.25) is 0 Å². The van der Waals surface area contributed by atoms with E-state index in [1.807, 2.05) is 14.0 Å². The molecule has 0 aromatic carbocycles. The number of rotatable bonds is 2. The van der Waals surface area contributed by atoms with Crippen molar-refractivity contribution >= 4 is 12.0 Å². The summed E-state index contributed by atoms with van der Waals surface area (Å²) < 4.78 is 5.20. The summed E-state index contributed by atoms with van der Waals surface area (Å²) in [5, 5.41) is 12.2. The standard InChI is InChI=1S/C13H23N3O4/c1-10-9-15(2)5-6-16(10)12(19)14-13(11(17)18)3-7-20-8-4-13/h10H,3-9H2,1-2H3,(H,14,19)(H,17,18). The predicted molar refractivity (Wildman–Crippen MR) is 72.6 cm³/mol. The Kier molecular flexibility index (Phi) is 4.49. The number of carbonyl (C=O) groups excluding carboxylic acids is 1. The molecule has 0 spiro atoms. The molecule has 0 aromatic heterocycles. The average Bonchev–Trinajstić information content (AvgIpc) is 2.39. The zero-order valence-corrected chi connectivity index (χ0v) is 12.1. The number of hydrogen-bond acceptors (Lipinski definition) is 4. The van der Waals surface area contributed by atoms with Gasteiger partial charge in [-0.1, -0.05) is 0 Å². The maximum absolute atomic E-state index is 12.4. The number of nitrogens with one attached hydrogen (secondary N) is 1. The number of carboxylic acid groups (broad SMARTS) is 1. The zero-order valence-electron chi connectivity index (χ0n) is 12.1. The topological polar surface area (TPSA) is 82.1 Å². The number of likely N-dealkylation sites (N-methyl/N-ethyl adjacent to an activating group) is 1. The number of aliphatic carboxylic acids is 1.